The topological polar surface area (TPSA) is 12.5 Å². The lowest BCUT2D eigenvalue weighted by Crippen LogP contribution is -2.30. The maximum absolute atomic E-state index is 5.22. The molecule has 2 aromatic rings. The molecule has 0 fully saturated rings. The van der Waals surface area contributed by atoms with Crippen molar-refractivity contribution in [2.75, 3.05) is 12.0 Å². The molecule has 0 saturated heterocycles. The molecule has 0 saturated carbocycles. The van der Waals surface area contributed by atoms with Crippen molar-refractivity contribution >= 4 is 21.6 Å². The summed E-state index contributed by atoms with van der Waals surface area (Å²) in [7, 11) is 1.69. The van der Waals surface area contributed by atoms with Gasteiger partial charge >= 0.3 is 0 Å². The predicted molar refractivity (Wildman–Crippen MR) is 88.5 cm³/mol. The van der Waals surface area contributed by atoms with Crippen molar-refractivity contribution in [1.82, 2.24) is 0 Å². The molecule has 0 aliphatic carbocycles. The van der Waals surface area contributed by atoms with Crippen molar-refractivity contribution in [1.29, 1.82) is 0 Å². The van der Waals surface area contributed by atoms with Gasteiger partial charge < -0.3 is 9.64 Å². The third-order valence-electron chi connectivity index (χ3n) is 3.29. The van der Waals surface area contributed by atoms with Crippen LogP contribution in [0.2, 0.25) is 0 Å². The van der Waals surface area contributed by atoms with E-state index in [4.69, 9.17) is 4.74 Å². The number of hydrogen-bond donors (Lipinski definition) is 0. The van der Waals surface area contributed by atoms with Gasteiger partial charge in [-0.1, -0.05) is 28.1 Å². The van der Waals surface area contributed by atoms with Crippen LogP contribution in [-0.2, 0) is 6.54 Å². The van der Waals surface area contributed by atoms with Crippen LogP contribution in [0.4, 0.5) is 5.69 Å². The zero-order valence-electron chi connectivity index (χ0n) is 12.1. The minimum absolute atomic E-state index is 0.437. The number of anilines is 1. The van der Waals surface area contributed by atoms with E-state index in [9.17, 15) is 0 Å². The summed E-state index contributed by atoms with van der Waals surface area (Å²) in [5, 5.41) is 0. The van der Waals surface area contributed by atoms with E-state index in [1.165, 1.54) is 11.3 Å². The van der Waals surface area contributed by atoms with Crippen molar-refractivity contribution < 1.29 is 4.74 Å². The highest BCUT2D eigenvalue weighted by molar-refractivity contribution is 9.10. The Labute approximate surface area is 129 Å². The molecule has 2 nitrogen and oxygen atoms in total. The number of nitrogens with zero attached hydrogens (tertiary/aromatic N) is 1. The van der Waals surface area contributed by atoms with Crippen LogP contribution >= 0.6 is 15.9 Å². The standard InChI is InChI=1S/C17H20BrNO/c1-13(2)19(12-14-4-6-15(18)7-5-14)16-8-10-17(20-3)11-9-16/h4-11,13H,12H2,1-3H3. The summed E-state index contributed by atoms with van der Waals surface area (Å²) in [6, 6.07) is 17.1. The van der Waals surface area contributed by atoms with Gasteiger partial charge in [0.25, 0.3) is 0 Å². The average Bonchev–Trinajstić information content (AvgIpc) is 2.46. The predicted octanol–water partition coefficient (Wildman–Crippen LogP) is 4.87. The van der Waals surface area contributed by atoms with Crippen LogP contribution in [0.3, 0.4) is 0 Å². The lowest BCUT2D eigenvalue weighted by Gasteiger charge is -2.29. The van der Waals surface area contributed by atoms with Crippen molar-refractivity contribution in [3.8, 4) is 5.75 Å². The van der Waals surface area contributed by atoms with Crippen LogP contribution in [0.15, 0.2) is 53.0 Å². The van der Waals surface area contributed by atoms with Crippen molar-refractivity contribution in [3.63, 3.8) is 0 Å². The molecule has 0 atom stereocenters. The van der Waals surface area contributed by atoms with Crippen LogP contribution in [0.5, 0.6) is 5.75 Å². The SMILES string of the molecule is COc1ccc(N(Cc2ccc(Br)cc2)C(C)C)cc1. The quantitative estimate of drug-likeness (QED) is 0.773. The van der Waals surface area contributed by atoms with Gasteiger partial charge in [-0.25, -0.2) is 0 Å². The number of ether oxygens (including phenoxy) is 1. The first-order valence-electron chi connectivity index (χ1n) is 6.75. The molecule has 2 rings (SSSR count). The summed E-state index contributed by atoms with van der Waals surface area (Å²) in [6.45, 7) is 5.32. The van der Waals surface area contributed by atoms with Crippen LogP contribution in [0.25, 0.3) is 0 Å². The molecule has 0 radical (unpaired) electrons. The molecule has 106 valence electrons. The molecule has 0 heterocycles. The summed E-state index contributed by atoms with van der Waals surface area (Å²) in [4.78, 5) is 2.38. The van der Waals surface area contributed by atoms with E-state index in [0.717, 1.165) is 16.8 Å². The van der Waals surface area contributed by atoms with E-state index in [1.807, 2.05) is 12.1 Å². The number of hydrogen-bond acceptors (Lipinski definition) is 2. The van der Waals surface area contributed by atoms with Gasteiger partial charge in [0.2, 0.25) is 0 Å². The van der Waals surface area contributed by atoms with Crippen LogP contribution in [0.1, 0.15) is 19.4 Å². The maximum atomic E-state index is 5.22. The highest BCUT2D eigenvalue weighted by Gasteiger charge is 2.11. The van der Waals surface area contributed by atoms with Gasteiger partial charge in [-0.05, 0) is 55.8 Å². The molecule has 0 amide bonds. The maximum Gasteiger partial charge on any atom is 0.119 e. The van der Waals surface area contributed by atoms with Gasteiger partial charge in [0, 0.05) is 22.7 Å². The Hall–Kier alpha value is -1.48. The molecule has 3 heteroatoms. The molecule has 2 aromatic carbocycles. The Morgan fingerprint density at radius 3 is 2.10 bits per heavy atom. The van der Waals surface area contributed by atoms with E-state index < -0.39 is 0 Å². The van der Waals surface area contributed by atoms with E-state index >= 15 is 0 Å². The highest BCUT2D eigenvalue weighted by atomic mass is 79.9. The Kier molecular flexibility index (Phi) is 5.07. The lowest BCUT2D eigenvalue weighted by atomic mass is 10.1. The first-order valence-corrected chi connectivity index (χ1v) is 7.54. The number of methoxy groups -OCH3 is 1. The molecule has 0 aromatic heterocycles. The average molecular weight is 334 g/mol. The fourth-order valence-electron chi connectivity index (χ4n) is 2.13. The summed E-state index contributed by atoms with van der Waals surface area (Å²) in [5.74, 6) is 0.890. The van der Waals surface area contributed by atoms with Crippen LogP contribution in [-0.4, -0.2) is 13.2 Å². The normalized spacial score (nSPS) is 10.7. The Morgan fingerprint density at radius 1 is 1.00 bits per heavy atom. The minimum Gasteiger partial charge on any atom is -0.497 e. The van der Waals surface area contributed by atoms with Crippen LogP contribution in [0, 0.1) is 0 Å². The fraction of sp³-hybridized carbons (Fsp3) is 0.294. The van der Waals surface area contributed by atoms with Gasteiger partial charge in [0.05, 0.1) is 7.11 Å². The Bertz CT molecular complexity index is 534. The molecular weight excluding hydrogens is 314 g/mol. The zero-order chi connectivity index (χ0) is 14.5. The largest absolute Gasteiger partial charge is 0.497 e. The summed E-state index contributed by atoms with van der Waals surface area (Å²) in [6.07, 6.45) is 0. The van der Waals surface area contributed by atoms with Crippen molar-refractivity contribution in [3.05, 3.63) is 58.6 Å². The first kappa shape index (κ1) is 14.9. The van der Waals surface area contributed by atoms with Gasteiger partial charge in [-0.15, -0.1) is 0 Å². The highest BCUT2D eigenvalue weighted by Crippen LogP contribution is 2.23. The fourth-order valence-corrected chi connectivity index (χ4v) is 2.40. The van der Waals surface area contributed by atoms with Gasteiger partial charge in [-0.3, -0.25) is 0 Å². The van der Waals surface area contributed by atoms with E-state index in [0.29, 0.717) is 6.04 Å². The molecule has 0 bridgehead atoms. The Morgan fingerprint density at radius 2 is 1.60 bits per heavy atom. The number of rotatable bonds is 5. The third-order valence-corrected chi connectivity index (χ3v) is 3.82. The van der Waals surface area contributed by atoms with Gasteiger partial charge in [-0.2, -0.15) is 0 Å². The molecular formula is C17H20BrNO. The zero-order valence-corrected chi connectivity index (χ0v) is 13.7. The van der Waals surface area contributed by atoms with Crippen molar-refractivity contribution in [2.45, 2.75) is 26.4 Å². The molecule has 0 aliphatic heterocycles. The second kappa shape index (κ2) is 6.80. The van der Waals surface area contributed by atoms with Crippen LogP contribution < -0.4 is 9.64 Å². The lowest BCUT2D eigenvalue weighted by molar-refractivity contribution is 0.415. The molecule has 0 aliphatic rings. The number of halogens is 1. The molecule has 0 N–H and O–H groups in total. The van der Waals surface area contributed by atoms with E-state index in [1.54, 1.807) is 7.11 Å². The first-order chi connectivity index (χ1) is 9.60. The van der Waals surface area contributed by atoms with Gasteiger partial charge in [0.15, 0.2) is 0 Å². The second-order valence-electron chi connectivity index (χ2n) is 5.05. The molecule has 0 unspecified atom stereocenters. The number of benzene rings is 2. The van der Waals surface area contributed by atoms with Gasteiger partial charge in [0.1, 0.15) is 5.75 Å². The summed E-state index contributed by atoms with van der Waals surface area (Å²) in [5.41, 5.74) is 2.52. The second-order valence-corrected chi connectivity index (χ2v) is 5.96. The monoisotopic (exact) mass is 333 g/mol. The Balaban J connectivity index is 2.19. The van der Waals surface area contributed by atoms with E-state index in [2.05, 4.69) is 71.1 Å². The summed E-state index contributed by atoms with van der Waals surface area (Å²) >= 11 is 3.47. The molecule has 0 spiro atoms. The van der Waals surface area contributed by atoms with Crippen molar-refractivity contribution in [2.24, 2.45) is 0 Å². The summed E-state index contributed by atoms with van der Waals surface area (Å²) < 4.78 is 6.33. The third kappa shape index (κ3) is 3.76. The molecule has 20 heavy (non-hydrogen) atoms. The minimum atomic E-state index is 0.437. The smallest absolute Gasteiger partial charge is 0.119 e. The van der Waals surface area contributed by atoms with E-state index in [-0.39, 0.29) is 0 Å².